The number of nitriles is 1. The van der Waals surface area contributed by atoms with E-state index in [1.165, 1.54) is 0 Å². The molecule has 0 saturated carbocycles. The molecular weight excluding hydrogens is 228 g/mol. The Balaban J connectivity index is 2.35. The van der Waals surface area contributed by atoms with Crippen molar-refractivity contribution in [1.82, 2.24) is 5.32 Å². The molecule has 1 aromatic rings. The number of ether oxygens (including phenoxy) is 1. The predicted octanol–water partition coefficient (Wildman–Crippen LogP) is 2.85. The number of hydrogen-bond donors (Lipinski definition) is 1. The first-order valence-corrected chi connectivity index (χ1v) is 5.98. The summed E-state index contributed by atoms with van der Waals surface area (Å²) in [6.07, 6.45) is 0.0720. The number of benzene rings is 1. The van der Waals surface area contributed by atoms with Gasteiger partial charge in [-0.05, 0) is 17.9 Å². The lowest BCUT2D eigenvalue weighted by Gasteiger charge is -2.13. The third-order valence-electron chi connectivity index (χ3n) is 2.37. The summed E-state index contributed by atoms with van der Waals surface area (Å²) in [6.45, 7) is 4.22. The Morgan fingerprint density at radius 1 is 1.39 bits per heavy atom. The monoisotopic (exact) mass is 246 g/mol. The summed E-state index contributed by atoms with van der Waals surface area (Å²) in [6, 6.07) is 11.0. The molecule has 0 spiro atoms. The van der Waals surface area contributed by atoms with Gasteiger partial charge < -0.3 is 10.1 Å². The second-order valence-corrected chi connectivity index (χ2v) is 4.52. The van der Waals surface area contributed by atoms with Crippen molar-refractivity contribution in [2.45, 2.75) is 32.9 Å². The molecule has 1 N–H and O–H groups in total. The van der Waals surface area contributed by atoms with Gasteiger partial charge in [0.1, 0.15) is 12.6 Å². The number of hydrogen-bond acceptors (Lipinski definition) is 3. The van der Waals surface area contributed by atoms with E-state index < -0.39 is 12.1 Å². The summed E-state index contributed by atoms with van der Waals surface area (Å²) in [4.78, 5) is 11.5. The van der Waals surface area contributed by atoms with Crippen LogP contribution in [-0.4, -0.2) is 12.1 Å². The van der Waals surface area contributed by atoms with E-state index in [0.717, 1.165) is 5.56 Å². The van der Waals surface area contributed by atoms with Crippen LogP contribution in [0.2, 0.25) is 0 Å². The van der Waals surface area contributed by atoms with Gasteiger partial charge in [0.05, 0.1) is 6.07 Å². The van der Waals surface area contributed by atoms with Crippen molar-refractivity contribution in [1.29, 1.82) is 5.26 Å². The summed E-state index contributed by atoms with van der Waals surface area (Å²) in [7, 11) is 0. The van der Waals surface area contributed by atoms with E-state index >= 15 is 0 Å². The first-order valence-electron chi connectivity index (χ1n) is 5.98. The van der Waals surface area contributed by atoms with Crippen LogP contribution in [0.25, 0.3) is 0 Å². The summed E-state index contributed by atoms with van der Waals surface area (Å²) in [5, 5.41) is 11.4. The predicted molar refractivity (Wildman–Crippen MR) is 68.6 cm³/mol. The fourth-order valence-corrected chi connectivity index (χ4v) is 1.52. The van der Waals surface area contributed by atoms with E-state index in [-0.39, 0.29) is 6.61 Å². The van der Waals surface area contributed by atoms with Crippen molar-refractivity contribution < 1.29 is 9.53 Å². The molecule has 96 valence electrons. The Kier molecular flexibility index (Phi) is 5.72. The number of alkyl carbamates (subject to hydrolysis) is 1. The van der Waals surface area contributed by atoms with Crippen molar-refractivity contribution in [3.8, 4) is 6.07 Å². The molecule has 0 aromatic heterocycles. The van der Waals surface area contributed by atoms with Crippen LogP contribution in [0.3, 0.4) is 0 Å². The minimum atomic E-state index is -0.550. The Morgan fingerprint density at radius 3 is 2.61 bits per heavy atom. The zero-order valence-corrected chi connectivity index (χ0v) is 10.7. The van der Waals surface area contributed by atoms with Crippen LogP contribution in [0.5, 0.6) is 0 Å². The molecule has 0 fully saturated rings. The van der Waals surface area contributed by atoms with E-state index in [1.54, 1.807) is 0 Å². The summed E-state index contributed by atoms with van der Waals surface area (Å²) >= 11 is 0. The average molecular weight is 246 g/mol. The molecule has 4 heteroatoms. The Hall–Kier alpha value is -2.02. The first-order chi connectivity index (χ1) is 8.61. The Labute approximate surface area is 108 Å². The average Bonchev–Trinajstić information content (AvgIpc) is 2.36. The van der Waals surface area contributed by atoms with Crippen molar-refractivity contribution in [2.24, 2.45) is 5.92 Å². The van der Waals surface area contributed by atoms with Crippen molar-refractivity contribution in [3.63, 3.8) is 0 Å². The van der Waals surface area contributed by atoms with E-state index in [9.17, 15) is 4.79 Å². The van der Waals surface area contributed by atoms with Gasteiger partial charge in [-0.3, -0.25) is 0 Å². The third kappa shape index (κ3) is 5.35. The van der Waals surface area contributed by atoms with Crippen molar-refractivity contribution in [3.05, 3.63) is 35.9 Å². The summed E-state index contributed by atoms with van der Waals surface area (Å²) in [5.41, 5.74) is 0.921. The maximum atomic E-state index is 11.5. The highest BCUT2D eigenvalue weighted by Crippen LogP contribution is 2.05. The van der Waals surface area contributed by atoms with Crippen LogP contribution in [0.1, 0.15) is 25.8 Å². The van der Waals surface area contributed by atoms with Gasteiger partial charge in [0, 0.05) is 0 Å². The minimum absolute atomic E-state index is 0.215. The topological polar surface area (TPSA) is 62.1 Å². The summed E-state index contributed by atoms with van der Waals surface area (Å²) < 4.78 is 5.04. The quantitative estimate of drug-likeness (QED) is 0.869. The second-order valence-electron chi connectivity index (χ2n) is 4.52. The fourth-order valence-electron chi connectivity index (χ4n) is 1.52. The largest absolute Gasteiger partial charge is 0.445 e. The van der Waals surface area contributed by atoms with E-state index in [1.807, 2.05) is 44.2 Å². The van der Waals surface area contributed by atoms with Crippen LogP contribution in [0.4, 0.5) is 4.79 Å². The molecule has 0 bridgehead atoms. The molecule has 0 aliphatic rings. The molecule has 0 aliphatic heterocycles. The highest BCUT2D eigenvalue weighted by Gasteiger charge is 2.13. The Morgan fingerprint density at radius 2 is 2.06 bits per heavy atom. The molecule has 1 aromatic carbocycles. The number of nitrogens with one attached hydrogen (secondary N) is 1. The zero-order chi connectivity index (χ0) is 13.4. The van der Waals surface area contributed by atoms with Gasteiger partial charge in [-0.1, -0.05) is 44.2 Å². The molecule has 0 saturated heterocycles. The highest BCUT2D eigenvalue weighted by molar-refractivity contribution is 5.68. The van der Waals surface area contributed by atoms with E-state index in [2.05, 4.69) is 11.4 Å². The minimum Gasteiger partial charge on any atom is -0.445 e. The van der Waals surface area contributed by atoms with E-state index in [4.69, 9.17) is 10.00 Å². The smallest absolute Gasteiger partial charge is 0.408 e. The fraction of sp³-hybridized carbons (Fsp3) is 0.429. The van der Waals surface area contributed by atoms with Crippen molar-refractivity contribution >= 4 is 6.09 Å². The molecule has 1 amide bonds. The molecule has 0 aliphatic carbocycles. The Bertz CT molecular complexity index is 410. The van der Waals surface area contributed by atoms with Gasteiger partial charge in [-0.2, -0.15) is 5.26 Å². The van der Waals surface area contributed by atoms with Gasteiger partial charge in [0.2, 0.25) is 0 Å². The zero-order valence-electron chi connectivity index (χ0n) is 10.7. The van der Waals surface area contributed by atoms with Crippen LogP contribution < -0.4 is 5.32 Å². The molecule has 1 rings (SSSR count). The first kappa shape index (κ1) is 14.0. The van der Waals surface area contributed by atoms with Crippen LogP contribution in [0.15, 0.2) is 30.3 Å². The molecule has 4 nitrogen and oxygen atoms in total. The summed E-state index contributed by atoms with van der Waals surface area (Å²) in [5.74, 6) is 0.351. The molecular formula is C14H18N2O2. The normalized spacial score (nSPS) is 11.7. The highest BCUT2D eigenvalue weighted by atomic mass is 16.5. The maximum Gasteiger partial charge on any atom is 0.408 e. The lowest BCUT2D eigenvalue weighted by atomic mass is 10.1. The van der Waals surface area contributed by atoms with Gasteiger partial charge in [-0.25, -0.2) is 4.79 Å². The van der Waals surface area contributed by atoms with Gasteiger partial charge in [0.25, 0.3) is 0 Å². The van der Waals surface area contributed by atoms with Crippen LogP contribution in [0, 0.1) is 17.2 Å². The molecule has 0 unspecified atom stereocenters. The number of rotatable bonds is 5. The lowest BCUT2D eigenvalue weighted by molar-refractivity contribution is 0.137. The van der Waals surface area contributed by atoms with Gasteiger partial charge in [-0.15, -0.1) is 0 Å². The molecule has 0 radical (unpaired) electrons. The standard InChI is InChI=1S/C14H18N2O2/c1-11(2)8-13(9-15)16-14(17)18-10-12-6-4-3-5-7-12/h3-7,11,13H,8,10H2,1-2H3,(H,16,17)/t13-/m1/s1. The maximum absolute atomic E-state index is 11.5. The SMILES string of the molecule is CC(C)C[C@H](C#N)NC(=O)OCc1ccccc1. The molecule has 1 atom stereocenters. The number of amides is 1. The molecule has 0 heterocycles. The number of carbonyl (C=O) groups is 1. The second kappa shape index (κ2) is 7.33. The van der Waals surface area contributed by atoms with E-state index in [0.29, 0.717) is 12.3 Å². The molecule has 18 heavy (non-hydrogen) atoms. The van der Waals surface area contributed by atoms with Crippen LogP contribution >= 0.6 is 0 Å². The van der Waals surface area contributed by atoms with Crippen LogP contribution in [-0.2, 0) is 11.3 Å². The van der Waals surface area contributed by atoms with Gasteiger partial charge >= 0.3 is 6.09 Å². The number of carbonyl (C=O) groups excluding carboxylic acids is 1. The third-order valence-corrected chi connectivity index (χ3v) is 2.37. The van der Waals surface area contributed by atoms with Crippen molar-refractivity contribution in [2.75, 3.05) is 0 Å². The van der Waals surface area contributed by atoms with Gasteiger partial charge in [0.15, 0.2) is 0 Å². The lowest BCUT2D eigenvalue weighted by Crippen LogP contribution is -2.35. The number of nitrogens with zero attached hydrogens (tertiary/aromatic N) is 1.